The second kappa shape index (κ2) is 6.69. The van der Waals surface area contributed by atoms with E-state index in [0.717, 1.165) is 25.9 Å². The molecule has 3 nitrogen and oxygen atoms in total. The average molecular weight is 331 g/mol. The molecule has 2 aromatic rings. The minimum Gasteiger partial charge on any atom is -0.480 e. The molecule has 0 saturated carbocycles. The summed E-state index contributed by atoms with van der Waals surface area (Å²) in [5, 5.41) is 9.02. The smallest absolute Gasteiger partial charge is 0.317 e. The molecule has 1 fully saturated rings. The van der Waals surface area contributed by atoms with Crippen molar-refractivity contribution in [3.8, 4) is 0 Å². The first-order chi connectivity index (χ1) is 12.2. The van der Waals surface area contributed by atoms with Gasteiger partial charge in [0.1, 0.15) is 0 Å². The van der Waals surface area contributed by atoms with Crippen molar-refractivity contribution < 1.29 is 9.90 Å². The predicted octanol–water partition coefficient (Wildman–Crippen LogP) is 4.15. The number of carboxylic acids is 1. The van der Waals surface area contributed by atoms with Gasteiger partial charge in [-0.05, 0) is 40.7 Å². The normalized spacial score (nSPS) is 17.0. The van der Waals surface area contributed by atoms with E-state index in [4.69, 9.17) is 5.11 Å². The molecular weight excluding hydrogens is 310 g/mol. The zero-order valence-corrected chi connectivity index (χ0v) is 14.1. The first-order valence-corrected chi connectivity index (χ1v) is 8.75. The summed E-state index contributed by atoms with van der Waals surface area (Å²) >= 11 is 0. The Labute approximate surface area is 147 Å². The fourth-order valence-electron chi connectivity index (χ4n) is 3.87. The van der Waals surface area contributed by atoms with Gasteiger partial charge in [-0.15, -0.1) is 0 Å². The van der Waals surface area contributed by atoms with Crippen molar-refractivity contribution >= 4 is 23.7 Å². The maximum atomic E-state index is 11.0. The average Bonchev–Trinajstić information content (AvgIpc) is 2.79. The second-order valence-corrected chi connectivity index (χ2v) is 6.66. The van der Waals surface area contributed by atoms with Gasteiger partial charge in [0.05, 0.1) is 6.54 Å². The van der Waals surface area contributed by atoms with Crippen LogP contribution in [0.15, 0.2) is 54.1 Å². The highest BCUT2D eigenvalue weighted by atomic mass is 16.4. The molecule has 0 atom stereocenters. The van der Waals surface area contributed by atoms with Gasteiger partial charge in [0.2, 0.25) is 0 Å². The van der Waals surface area contributed by atoms with Crippen LogP contribution in [0, 0.1) is 0 Å². The van der Waals surface area contributed by atoms with Gasteiger partial charge in [-0.3, -0.25) is 9.69 Å². The molecule has 0 bridgehead atoms. The summed E-state index contributed by atoms with van der Waals surface area (Å²) in [4.78, 5) is 13.0. The number of piperidine rings is 1. The third-order valence-electron chi connectivity index (χ3n) is 5.07. The first-order valence-electron chi connectivity index (χ1n) is 8.75. The van der Waals surface area contributed by atoms with E-state index in [0.29, 0.717) is 0 Å². The third kappa shape index (κ3) is 3.15. The highest BCUT2D eigenvalue weighted by Gasteiger charge is 2.23. The van der Waals surface area contributed by atoms with Gasteiger partial charge >= 0.3 is 5.97 Å². The number of rotatable bonds is 2. The van der Waals surface area contributed by atoms with Crippen LogP contribution < -0.4 is 0 Å². The van der Waals surface area contributed by atoms with E-state index in [-0.39, 0.29) is 6.54 Å². The Bertz CT molecular complexity index is 818. The van der Waals surface area contributed by atoms with Gasteiger partial charge in [-0.2, -0.15) is 0 Å². The monoisotopic (exact) mass is 331 g/mol. The number of benzene rings is 2. The molecule has 2 aliphatic rings. The van der Waals surface area contributed by atoms with Crippen LogP contribution in [-0.4, -0.2) is 35.6 Å². The van der Waals surface area contributed by atoms with Crippen LogP contribution in [0.2, 0.25) is 0 Å². The van der Waals surface area contributed by atoms with Crippen LogP contribution in [0.25, 0.3) is 17.7 Å². The molecule has 1 heterocycles. The number of hydrogen-bond donors (Lipinski definition) is 1. The molecular formula is C22H21NO2. The Kier molecular flexibility index (Phi) is 4.24. The van der Waals surface area contributed by atoms with Crippen LogP contribution >= 0.6 is 0 Å². The summed E-state index contributed by atoms with van der Waals surface area (Å²) in [5.74, 6) is -0.745. The number of aliphatic carboxylic acids is 1. The number of carbonyl (C=O) groups is 1. The van der Waals surface area contributed by atoms with E-state index in [1.807, 2.05) is 4.90 Å². The topological polar surface area (TPSA) is 40.5 Å². The van der Waals surface area contributed by atoms with Crippen molar-refractivity contribution in [2.75, 3.05) is 19.6 Å². The Morgan fingerprint density at radius 3 is 1.92 bits per heavy atom. The Hall–Kier alpha value is -2.65. The number of fused-ring (bicyclic) bond motifs is 2. The highest BCUT2D eigenvalue weighted by molar-refractivity contribution is 5.94. The lowest BCUT2D eigenvalue weighted by Gasteiger charge is -2.29. The maximum Gasteiger partial charge on any atom is 0.317 e. The van der Waals surface area contributed by atoms with E-state index in [1.54, 1.807) is 0 Å². The molecule has 25 heavy (non-hydrogen) atoms. The fourth-order valence-corrected chi connectivity index (χ4v) is 3.87. The summed E-state index contributed by atoms with van der Waals surface area (Å²) in [6.45, 7) is 1.75. The molecule has 1 aliphatic heterocycles. The molecule has 0 spiro atoms. The second-order valence-electron chi connectivity index (χ2n) is 6.66. The Morgan fingerprint density at radius 1 is 0.880 bits per heavy atom. The van der Waals surface area contributed by atoms with E-state index < -0.39 is 5.97 Å². The summed E-state index contributed by atoms with van der Waals surface area (Å²) in [5.41, 5.74) is 7.83. The molecule has 1 N–H and O–H groups in total. The maximum absolute atomic E-state index is 11.0. The van der Waals surface area contributed by atoms with Crippen molar-refractivity contribution in [3.05, 3.63) is 76.4 Å². The number of hydrogen-bond acceptors (Lipinski definition) is 2. The van der Waals surface area contributed by atoms with E-state index >= 15 is 0 Å². The number of carboxylic acid groups (broad SMARTS) is 1. The van der Waals surface area contributed by atoms with Crippen molar-refractivity contribution in [2.45, 2.75) is 12.8 Å². The molecule has 0 radical (unpaired) electrons. The van der Waals surface area contributed by atoms with Gasteiger partial charge in [0.25, 0.3) is 0 Å². The highest BCUT2D eigenvalue weighted by Crippen LogP contribution is 2.38. The number of nitrogens with zero attached hydrogens (tertiary/aromatic N) is 1. The SMILES string of the molecule is O=C(O)CN1CCC(=C2c3ccccc3C=Cc3ccccc32)CC1. The van der Waals surface area contributed by atoms with Gasteiger partial charge in [-0.1, -0.05) is 66.3 Å². The van der Waals surface area contributed by atoms with Gasteiger partial charge in [-0.25, -0.2) is 0 Å². The molecule has 4 rings (SSSR count). The van der Waals surface area contributed by atoms with Crippen LogP contribution in [0.5, 0.6) is 0 Å². The zero-order valence-electron chi connectivity index (χ0n) is 14.1. The lowest BCUT2D eigenvalue weighted by atomic mass is 9.86. The van der Waals surface area contributed by atoms with Crippen molar-refractivity contribution in [1.29, 1.82) is 0 Å². The predicted molar refractivity (Wildman–Crippen MR) is 101 cm³/mol. The molecule has 1 saturated heterocycles. The fraction of sp³-hybridized carbons (Fsp3) is 0.227. The molecule has 1 aliphatic carbocycles. The molecule has 0 amide bonds. The molecule has 2 aromatic carbocycles. The Morgan fingerprint density at radius 2 is 1.40 bits per heavy atom. The molecule has 126 valence electrons. The first kappa shape index (κ1) is 15.9. The van der Waals surface area contributed by atoms with Crippen LogP contribution in [0.1, 0.15) is 35.1 Å². The van der Waals surface area contributed by atoms with Crippen LogP contribution in [0.3, 0.4) is 0 Å². The Balaban J connectivity index is 1.79. The summed E-state index contributed by atoms with van der Waals surface area (Å²) in [6, 6.07) is 17.1. The van der Waals surface area contributed by atoms with Crippen molar-refractivity contribution in [3.63, 3.8) is 0 Å². The largest absolute Gasteiger partial charge is 0.480 e. The summed E-state index contributed by atoms with van der Waals surface area (Å²) < 4.78 is 0. The minimum absolute atomic E-state index is 0.136. The number of likely N-dealkylation sites (tertiary alicyclic amines) is 1. The van der Waals surface area contributed by atoms with Crippen LogP contribution in [-0.2, 0) is 4.79 Å². The van der Waals surface area contributed by atoms with Crippen molar-refractivity contribution in [2.24, 2.45) is 0 Å². The zero-order chi connectivity index (χ0) is 17.2. The molecule has 0 unspecified atom stereocenters. The summed E-state index contributed by atoms with van der Waals surface area (Å²) in [6.07, 6.45) is 6.24. The molecule has 0 aromatic heterocycles. The molecule has 3 heteroatoms. The minimum atomic E-state index is -0.745. The lowest BCUT2D eigenvalue weighted by Crippen LogP contribution is -2.35. The van der Waals surface area contributed by atoms with E-state index in [9.17, 15) is 4.79 Å². The van der Waals surface area contributed by atoms with E-state index in [2.05, 4.69) is 60.7 Å². The quantitative estimate of drug-likeness (QED) is 0.767. The standard InChI is InChI=1S/C22H21NO2/c24-21(25)15-23-13-11-18(12-14-23)22-19-7-3-1-5-16(19)9-10-17-6-2-4-8-20(17)22/h1-10H,11-15H2,(H,24,25). The van der Waals surface area contributed by atoms with Gasteiger partial charge in [0.15, 0.2) is 0 Å². The lowest BCUT2D eigenvalue weighted by molar-refractivity contribution is -0.138. The van der Waals surface area contributed by atoms with Gasteiger partial charge in [0, 0.05) is 13.1 Å². The van der Waals surface area contributed by atoms with Crippen molar-refractivity contribution in [1.82, 2.24) is 4.90 Å². The van der Waals surface area contributed by atoms with Crippen LogP contribution in [0.4, 0.5) is 0 Å². The van der Waals surface area contributed by atoms with E-state index in [1.165, 1.54) is 33.4 Å². The third-order valence-corrected chi connectivity index (χ3v) is 5.07. The van der Waals surface area contributed by atoms with Gasteiger partial charge < -0.3 is 5.11 Å². The summed E-state index contributed by atoms with van der Waals surface area (Å²) in [7, 11) is 0.